The van der Waals surface area contributed by atoms with E-state index in [9.17, 15) is 8.78 Å². The Morgan fingerprint density at radius 1 is 1.36 bits per heavy atom. The van der Waals surface area contributed by atoms with Crippen LogP contribution in [0, 0.1) is 11.8 Å². The summed E-state index contributed by atoms with van der Waals surface area (Å²) in [5.74, 6) is -2.54. The Hall–Kier alpha value is -0.220. The molecular weight excluding hydrogens is 186 g/mol. The van der Waals surface area contributed by atoms with Gasteiger partial charge in [-0.2, -0.15) is 0 Å². The van der Waals surface area contributed by atoms with E-state index in [4.69, 9.17) is 5.73 Å². The molecule has 0 bridgehead atoms. The van der Waals surface area contributed by atoms with Crippen molar-refractivity contribution in [2.45, 2.75) is 25.2 Å². The van der Waals surface area contributed by atoms with Gasteiger partial charge in [0.05, 0.1) is 0 Å². The Labute approximate surface area is 83.4 Å². The molecule has 1 heterocycles. The van der Waals surface area contributed by atoms with Gasteiger partial charge >= 0.3 is 0 Å². The van der Waals surface area contributed by atoms with Crippen LogP contribution in [0.5, 0.6) is 0 Å². The monoisotopic (exact) mass is 204 g/mol. The van der Waals surface area contributed by atoms with Crippen LogP contribution >= 0.6 is 0 Å². The van der Waals surface area contributed by atoms with Crippen molar-refractivity contribution in [2.75, 3.05) is 26.2 Å². The summed E-state index contributed by atoms with van der Waals surface area (Å²) in [7, 11) is 0. The summed E-state index contributed by atoms with van der Waals surface area (Å²) < 4.78 is 26.7. The summed E-state index contributed by atoms with van der Waals surface area (Å²) in [6.45, 7) is 2.99. The molecule has 0 amide bonds. The normalized spacial score (nSPS) is 36.2. The van der Waals surface area contributed by atoms with Crippen LogP contribution in [0.25, 0.3) is 0 Å². The van der Waals surface area contributed by atoms with Crippen LogP contribution in [0.15, 0.2) is 0 Å². The molecule has 0 unspecified atom stereocenters. The van der Waals surface area contributed by atoms with E-state index in [0.29, 0.717) is 19.5 Å². The van der Waals surface area contributed by atoms with E-state index in [0.717, 1.165) is 19.5 Å². The third-order valence-corrected chi connectivity index (χ3v) is 3.59. The van der Waals surface area contributed by atoms with Crippen molar-refractivity contribution in [3.63, 3.8) is 0 Å². The molecule has 4 heteroatoms. The van der Waals surface area contributed by atoms with Gasteiger partial charge in [0.2, 0.25) is 0 Å². The fraction of sp³-hybridized carbons (Fsp3) is 1.00. The molecule has 2 atom stereocenters. The molecular formula is C10H18F2N2. The number of hydrogen-bond acceptors (Lipinski definition) is 2. The molecule has 1 aliphatic carbocycles. The lowest BCUT2D eigenvalue weighted by molar-refractivity contribution is -0.0398. The highest BCUT2D eigenvalue weighted by Gasteiger charge is 2.53. The third kappa shape index (κ3) is 1.77. The molecule has 1 saturated carbocycles. The van der Waals surface area contributed by atoms with Crippen LogP contribution in [0.1, 0.15) is 19.3 Å². The van der Waals surface area contributed by atoms with Crippen LogP contribution in [-0.4, -0.2) is 37.0 Å². The highest BCUT2D eigenvalue weighted by Crippen LogP contribution is 2.47. The molecule has 1 saturated heterocycles. The maximum atomic E-state index is 13.3. The molecule has 2 N–H and O–H groups in total. The van der Waals surface area contributed by atoms with Crippen molar-refractivity contribution in [3.8, 4) is 0 Å². The van der Waals surface area contributed by atoms with E-state index >= 15 is 0 Å². The Balaban J connectivity index is 1.88. The quantitative estimate of drug-likeness (QED) is 0.751. The highest BCUT2D eigenvalue weighted by atomic mass is 19.3. The number of hydrogen-bond donors (Lipinski definition) is 1. The van der Waals surface area contributed by atoms with E-state index in [-0.39, 0.29) is 18.3 Å². The third-order valence-electron chi connectivity index (χ3n) is 3.59. The zero-order valence-electron chi connectivity index (χ0n) is 8.38. The van der Waals surface area contributed by atoms with Crippen molar-refractivity contribution in [3.05, 3.63) is 0 Å². The molecule has 2 aliphatic rings. The highest BCUT2D eigenvalue weighted by molar-refractivity contribution is 4.97. The summed E-state index contributed by atoms with van der Waals surface area (Å²) >= 11 is 0. The van der Waals surface area contributed by atoms with Crippen LogP contribution in [0.4, 0.5) is 8.78 Å². The van der Waals surface area contributed by atoms with E-state index in [2.05, 4.69) is 4.90 Å². The summed E-state index contributed by atoms with van der Waals surface area (Å²) in [4.78, 5) is 2.15. The Bertz CT molecular complexity index is 208. The van der Waals surface area contributed by atoms with Gasteiger partial charge in [0.25, 0.3) is 5.92 Å². The van der Waals surface area contributed by atoms with Gasteiger partial charge in [0.1, 0.15) is 0 Å². The molecule has 14 heavy (non-hydrogen) atoms. The van der Waals surface area contributed by atoms with Crippen LogP contribution in [0.2, 0.25) is 0 Å². The molecule has 0 spiro atoms. The zero-order chi connectivity index (χ0) is 10.2. The second kappa shape index (κ2) is 3.74. The first-order valence-corrected chi connectivity index (χ1v) is 5.44. The Kier molecular flexibility index (Phi) is 2.75. The Morgan fingerprint density at radius 3 is 2.79 bits per heavy atom. The van der Waals surface area contributed by atoms with E-state index < -0.39 is 5.92 Å². The average molecular weight is 204 g/mol. The van der Waals surface area contributed by atoms with Crippen molar-refractivity contribution in [2.24, 2.45) is 17.6 Å². The molecule has 0 aromatic rings. The van der Waals surface area contributed by atoms with Crippen molar-refractivity contribution >= 4 is 0 Å². The number of rotatable bonds is 3. The zero-order valence-corrected chi connectivity index (χ0v) is 8.38. The summed E-state index contributed by atoms with van der Waals surface area (Å²) in [6.07, 6.45) is 1.73. The van der Waals surface area contributed by atoms with Gasteiger partial charge in [0.15, 0.2) is 0 Å². The first kappa shape index (κ1) is 10.3. The Morgan fingerprint density at radius 2 is 2.14 bits per heavy atom. The maximum absolute atomic E-state index is 13.3. The van der Waals surface area contributed by atoms with Crippen LogP contribution in [-0.2, 0) is 0 Å². The number of likely N-dealkylation sites (tertiary alicyclic amines) is 1. The van der Waals surface area contributed by atoms with Crippen LogP contribution in [0.3, 0.4) is 0 Å². The summed E-state index contributed by atoms with van der Waals surface area (Å²) in [5, 5.41) is 0. The predicted octanol–water partition coefficient (Wildman–Crippen LogP) is 1.31. The van der Waals surface area contributed by atoms with Crippen molar-refractivity contribution in [1.29, 1.82) is 0 Å². The van der Waals surface area contributed by atoms with Gasteiger partial charge in [-0.1, -0.05) is 0 Å². The minimum absolute atomic E-state index is 0.104. The average Bonchev–Trinajstić information content (AvgIpc) is 2.65. The van der Waals surface area contributed by atoms with E-state index in [1.807, 2.05) is 0 Å². The lowest BCUT2D eigenvalue weighted by Gasteiger charge is -2.19. The second-order valence-electron chi connectivity index (χ2n) is 4.57. The van der Waals surface area contributed by atoms with E-state index in [1.54, 1.807) is 0 Å². The minimum atomic E-state index is -2.40. The molecule has 0 aromatic heterocycles. The first-order valence-electron chi connectivity index (χ1n) is 5.44. The van der Waals surface area contributed by atoms with Gasteiger partial charge in [-0.15, -0.1) is 0 Å². The molecule has 1 aliphatic heterocycles. The molecule has 0 radical (unpaired) electrons. The lowest BCUT2D eigenvalue weighted by atomic mass is 9.99. The maximum Gasteiger partial charge on any atom is 0.252 e. The minimum Gasteiger partial charge on any atom is -0.330 e. The smallest absolute Gasteiger partial charge is 0.252 e. The van der Waals surface area contributed by atoms with Crippen molar-refractivity contribution in [1.82, 2.24) is 4.90 Å². The molecule has 2 nitrogen and oxygen atoms in total. The van der Waals surface area contributed by atoms with Gasteiger partial charge in [-0.3, -0.25) is 0 Å². The number of nitrogens with zero attached hydrogens (tertiary/aromatic N) is 1. The van der Waals surface area contributed by atoms with Gasteiger partial charge in [-0.25, -0.2) is 8.78 Å². The molecule has 0 aromatic carbocycles. The fourth-order valence-corrected chi connectivity index (χ4v) is 2.79. The lowest BCUT2D eigenvalue weighted by Crippen LogP contribution is -2.30. The van der Waals surface area contributed by atoms with Crippen molar-refractivity contribution < 1.29 is 8.78 Å². The number of nitrogens with two attached hydrogens (primary N) is 1. The summed E-state index contributed by atoms with van der Waals surface area (Å²) in [6, 6.07) is 0. The number of fused-ring (bicyclic) bond motifs is 1. The molecule has 82 valence electrons. The number of alkyl halides is 2. The standard InChI is InChI=1S/C10H18F2N2/c11-10(12)3-2-8-6-14(5-1-4-13)7-9(8)10/h8-9H,1-7,13H2/t8-,9+/m0/s1. The van der Waals surface area contributed by atoms with Gasteiger partial charge in [-0.05, 0) is 31.8 Å². The first-order chi connectivity index (χ1) is 6.63. The van der Waals surface area contributed by atoms with Crippen LogP contribution < -0.4 is 5.73 Å². The number of halogens is 2. The SMILES string of the molecule is NCCCN1C[C@@H]2CCC(F)(F)[C@@H]2C1. The van der Waals surface area contributed by atoms with Gasteiger partial charge in [0, 0.05) is 25.4 Å². The fourth-order valence-electron chi connectivity index (χ4n) is 2.79. The predicted molar refractivity (Wildman–Crippen MR) is 51.3 cm³/mol. The topological polar surface area (TPSA) is 29.3 Å². The second-order valence-corrected chi connectivity index (χ2v) is 4.57. The van der Waals surface area contributed by atoms with Gasteiger partial charge < -0.3 is 10.6 Å². The largest absolute Gasteiger partial charge is 0.330 e. The molecule has 2 rings (SSSR count). The molecule has 2 fully saturated rings. The summed E-state index contributed by atoms with van der Waals surface area (Å²) in [5.41, 5.74) is 5.40. The van der Waals surface area contributed by atoms with E-state index in [1.165, 1.54) is 0 Å².